The number of carbonyl (C=O) groups excluding carboxylic acids is 1. The molecule has 2 aromatic rings. The molecule has 18 heavy (non-hydrogen) atoms. The highest BCUT2D eigenvalue weighted by atomic mass is 16.1. The van der Waals surface area contributed by atoms with E-state index in [0.717, 1.165) is 16.8 Å². The van der Waals surface area contributed by atoms with Crippen molar-refractivity contribution in [2.75, 3.05) is 5.32 Å². The Balaban J connectivity index is 2.23. The third kappa shape index (κ3) is 1.52. The number of anilines is 1. The highest BCUT2D eigenvalue weighted by Crippen LogP contribution is 2.32. The number of benzene rings is 1. The molecule has 0 saturated carbocycles. The van der Waals surface area contributed by atoms with Crippen LogP contribution >= 0.6 is 0 Å². The number of hydrogen-bond donors (Lipinski definition) is 2. The average molecular weight is 240 g/mol. The number of nitrogens with one attached hydrogen (secondary N) is 2. The van der Waals surface area contributed by atoms with Gasteiger partial charge in [-0.3, -0.25) is 10.2 Å². The van der Waals surface area contributed by atoms with E-state index in [1.54, 1.807) is 0 Å². The molecule has 0 atom stereocenters. The van der Waals surface area contributed by atoms with Crippen molar-refractivity contribution >= 4 is 17.6 Å². The van der Waals surface area contributed by atoms with Gasteiger partial charge < -0.3 is 5.32 Å². The van der Waals surface area contributed by atoms with Gasteiger partial charge in [0, 0.05) is 5.56 Å². The van der Waals surface area contributed by atoms with Gasteiger partial charge in [-0.05, 0) is 12.5 Å². The summed E-state index contributed by atoms with van der Waals surface area (Å²) in [7, 11) is 0. The smallest absolute Gasteiger partial charge is 0.233 e. The predicted octanol–water partition coefficient (Wildman–Crippen LogP) is 2.03. The topological polar surface area (TPSA) is 70.8 Å². The second-order valence-corrected chi connectivity index (χ2v) is 4.26. The Labute approximate surface area is 104 Å². The maximum Gasteiger partial charge on any atom is 0.233 e. The maximum atomic E-state index is 11.5. The highest BCUT2D eigenvalue weighted by molar-refractivity contribution is 6.11. The van der Waals surface area contributed by atoms with Crippen molar-refractivity contribution in [2.45, 2.75) is 13.3 Å². The largest absolute Gasteiger partial charge is 0.310 e. The lowest BCUT2D eigenvalue weighted by atomic mass is 10.1. The molecule has 0 aliphatic carbocycles. The van der Waals surface area contributed by atoms with Crippen LogP contribution < -0.4 is 5.32 Å². The molecule has 5 nitrogen and oxygen atoms in total. The standard InChI is InChI=1S/C13H12N4O/c1-8-12(9-5-3-2-4-6-9)13-15-11(18)7-10(14)17(13)16-8/h2-6,14H,7H2,1H3,(H,15,18). The van der Waals surface area contributed by atoms with Crippen molar-refractivity contribution in [2.24, 2.45) is 0 Å². The molecule has 0 spiro atoms. The summed E-state index contributed by atoms with van der Waals surface area (Å²) in [6.45, 7) is 1.88. The number of aromatic nitrogens is 2. The summed E-state index contributed by atoms with van der Waals surface area (Å²) in [5.74, 6) is 0.642. The number of fused-ring (bicyclic) bond motifs is 1. The third-order valence-corrected chi connectivity index (χ3v) is 2.96. The van der Waals surface area contributed by atoms with Crippen LogP contribution in [-0.2, 0) is 4.79 Å². The van der Waals surface area contributed by atoms with Crippen LogP contribution in [-0.4, -0.2) is 21.5 Å². The number of aryl methyl sites for hydroxylation is 1. The van der Waals surface area contributed by atoms with E-state index in [2.05, 4.69) is 10.4 Å². The fraction of sp³-hybridized carbons (Fsp3) is 0.154. The first-order chi connectivity index (χ1) is 8.66. The van der Waals surface area contributed by atoms with Gasteiger partial charge in [-0.25, -0.2) is 4.68 Å². The van der Waals surface area contributed by atoms with Crippen LogP contribution in [0.15, 0.2) is 30.3 Å². The fourth-order valence-corrected chi connectivity index (χ4v) is 2.19. The zero-order valence-corrected chi connectivity index (χ0v) is 9.90. The summed E-state index contributed by atoms with van der Waals surface area (Å²) >= 11 is 0. The Hall–Kier alpha value is -2.43. The highest BCUT2D eigenvalue weighted by Gasteiger charge is 2.26. The fourth-order valence-electron chi connectivity index (χ4n) is 2.19. The van der Waals surface area contributed by atoms with E-state index in [9.17, 15) is 4.79 Å². The van der Waals surface area contributed by atoms with Crippen LogP contribution in [0.1, 0.15) is 12.1 Å². The van der Waals surface area contributed by atoms with E-state index < -0.39 is 0 Å². The van der Waals surface area contributed by atoms with Gasteiger partial charge >= 0.3 is 0 Å². The van der Waals surface area contributed by atoms with Gasteiger partial charge in [0.05, 0.1) is 12.1 Å². The van der Waals surface area contributed by atoms with Crippen molar-refractivity contribution in [3.05, 3.63) is 36.0 Å². The van der Waals surface area contributed by atoms with Crippen LogP contribution in [0.3, 0.4) is 0 Å². The van der Waals surface area contributed by atoms with Crippen LogP contribution in [0.5, 0.6) is 0 Å². The van der Waals surface area contributed by atoms with Gasteiger partial charge in [0.15, 0.2) is 0 Å². The lowest BCUT2D eigenvalue weighted by Crippen LogP contribution is -2.29. The summed E-state index contributed by atoms with van der Waals surface area (Å²) in [6.07, 6.45) is 0.0718. The summed E-state index contributed by atoms with van der Waals surface area (Å²) in [5.41, 5.74) is 2.68. The van der Waals surface area contributed by atoms with E-state index in [0.29, 0.717) is 5.82 Å². The molecular weight excluding hydrogens is 228 g/mol. The van der Waals surface area contributed by atoms with Gasteiger partial charge in [0.25, 0.3) is 0 Å². The first-order valence-electron chi connectivity index (χ1n) is 5.69. The Morgan fingerprint density at radius 2 is 2.06 bits per heavy atom. The van der Waals surface area contributed by atoms with Crippen LogP contribution in [0.2, 0.25) is 0 Å². The van der Waals surface area contributed by atoms with Crippen molar-refractivity contribution in [3.8, 4) is 11.1 Å². The monoisotopic (exact) mass is 240 g/mol. The maximum absolute atomic E-state index is 11.5. The molecule has 1 aromatic heterocycles. The average Bonchev–Trinajstić information content (AvgIpc) is 2.67. The molecule has 5 heteroatoms. The van der Waals surface area contributed by atoms with Gasteiger partial charge in [-0.2, -0.15) is 5.10 Å². The van der Waals surface area contributed by atoms with Gasteiger partial charge in [-0.15, -0.1) is 0 Å². The summed E-state index contributed by atoms with van der Waals surface area (Å²) < 4.78 is 1.50. The van der Waals surface area contributed by atoms with Gasteiger partial charge in [0.1, 0.15) is 11.7 Å². The minimum Gasteiger partial charge on any atom is -0.310 e. The summed E-state index contributed by atoms with van der Waals surface area (Å²) in [5, 5.41) is 14.9. The lowest BCUT2D eigenvalue weighted by molar-refractivity contribution is -0.115. The number of hydrogen-bond acceptors (Lipinski definition) is 3. The zero-order chi connectivity index (χ0) is 12.7. The number of amides is 1. The Morgan fingerprint density at radius 3 is 2.78 bits per heavy atom. The SMILES string of the molecule is Cc1nn2c(c1-c1ccccc1)NC(=O)CC2=N. The first-order valence-corrected chi connectivity index (χ1v) is 5.69. The lowest BCUT2D eigenvalue weighted by Gasteiger charge is -2.16. The molecule has 2 N–H and O–H groups in total. The number of rotatable bonds is 1. The predicted molar refractivity (Wildman–Crippen MR) is 68.8 cm³/mol. The van der Waals surface area contributed by atoms with E-state index in [-0.39, 0.29) is 18.2 Å². The Morgan fingerprint density at radius 1 is 1.33 bits per heavy atom. The van der Waals surface area contributed by atoms with E-state index >= 15 is 0 Å². The second-order valence-electron chi connectivity index (χ2n) is 4.26. The normalized spacial score (nSPS) is 14.3. The molecule has 1 aliphatic rings. The van der Waals surface area contributed by atoms with Crippen LogP contribution in [0.4, 0.5) is 5.82 Å². The molecule has 1 aliphatic heterocycles. The molecule has 0 fully saturated rings. The quantitative estimate of drug-likeness (QED) is 0.800. The molecule has 1 aromatic carbocycles. The van der Waals surface area contributed by atoms with E-state index in [1.807, 2.05) is 37.3 Å². The van der Waals surface area contributed by atoms with Gasteiger partial charge in [0.2, 0.25) is 5.91 Å². The van der Waals surface area contributed by atoms with Gasteiger partial charge in [-0.1, -0.05) is 30.3 Å². The molecule has 90 valence electrons. The van der Waals surface area contributed by atoms with Crippen molar-refractivity contribution in [3.63, 3.8) is 0 Å². The molecule has 2 heterocycles. The molecule has 0 bridgehead atoms. The minimum absolute atomic E-state index is 0.0718. The Bertz CT molecular complexity index is 643. The molecule has 0 unspecified atom stereocenters. The molecular formula is C13H12N4O. The summed E-state index contributed by atoms with van der Waals surface area (Å²) in [6, 6.07) is 9.75. The number of carbonyl (C=O) groups is 1. The number of nitrogens with zero attached hydrogens (tertiary/aromatic N) is 2. The molecule has 3 rings (SSSR count). The molecule has 1 amide bonds. The molecule has 0 saturated heterocycles. The van der Waals surface area contributed by atoms with Crippen molar-refractivity contribution < 1.29 is 4.79 Å². The minimum atomic E-state index is -0.162. The van der Waals surface area contributed by atoms with E-state index in [1.165, 1.54) is 4.68 Å². The third-order valence-electron chi connectivity index (χ3n) is 2.96. The van der Waals surface area contributed by atoms with Crippen LogP contribution in [0, 0.1) is 12.3 Å². The second kappa shape index (κ2) is 3.80. The van der Waals surface area contributed by atoms with Crippen LogP contribution in [0.25, 0.3) is 11.1 Å². The van der Waals surface area contributed by atoms with Crippen molar-refractivity contribution in [1.82, 2.24) is 9.78 Å². The molecule has 0 radical (unpaired) electrons. The zero-order valence-electron chi connectivity index (χ0n) is 9.90. The summed E-state index contributed by atoms with van der Waals surface area (Å²) in [4.78, 5) is 11.5. The first kappa shape index (κ1) is 10.7. The Kier molecular flexibility index (Phi) is 2.26. The van der Waals surface area contributed by atoms with Crippen molar-refractivity contribution in [1.29, 1.82) is 5.41 Å². The van der Waals surface area contributed by atoms with E-state index in [4.69, 9.17) is 5.41 Å².